The van der Waals surface area contributed by atoms with Gasteiger partial charge in [-0.15, -0.1) is 0 Å². The molecule has 0 aromatic carbocycles. The van der Waals surface area contributed by atoms with Crippen LogP contribution in [0.25, 0.3) is 0 Å². The lowest BCUT2D eigenvalue weighted by atomic mass is 10.1. The fourth-order valence-electron chi connectivity index (χ4n) is 2.57. The molecule has 3 nitrogen and oxygen atoms in total. The second-order valence-electron chi connectivity index (χ2n) is 5.12. The Hall–Kier alpha value is -0.120. The Morgan fingerprint density at radius 1 is 1.35 bits per heavy atom. The van der Waals surface area contributed by atoms with Gasteiger partial charge in [0.25, 0.3) is 0 Å². The zero-order chi connectivity index (χ0) is 12.5. The van der Waals surface area contributed by atoms with E-state index in [9.17, 15) is 0 Å². The van der Waals surface area contributed by atoms with Crippen LogP contribution in [0.3, 0.4) is 0 Å². The summed E-state index contributed by atoms with van der Waals surface area (Å²) in [4.78, 5) is 2.64. The molecule has 1 rings (SSSR count). The zero-order valence-electron chi connectivity index (χ0n) is 11.9. The van der Waals surface area contributed by atoms with Gasteiger partial charge in [-0.3, -0.25) is 4.90 Å². The summed E-state index contributed by atoms with van der Waals surface area (Å²) in [5.41, 5.74) is 0. The first-order valence-corrected chi connectivity index (χ1v) is 7.33. The molecule has 0 aromatic rings. The molecule has 1 fully saturated rings. The third kappa shape index (κ3) is 5.84. The number of nitrogens with zero attached hydrogens (tertiary/aromatic N) is 1. The summed E-state index contributed by atoms with van der Waals surface area (Å²) in [6, 6.07) is 1.41. The highest BCUT2D eigenvalue weighted by molar-refractivity contribution is 4.80. The lowest BCUT2D eigenvalue weighted by Gasteiger charge is -2.29. The highest BCUT2D eigenvalue weighted by atomic mass is 16.5. The number of rotatable bonds is 7. The van der Waals surface area contributed by atoms with Crippen LogP contribution in [0.5, 0.6) is 0 Å². The van der Waals surface area contributed by atoms with E-state index in [2.05, 4.69) is 31.0 Å². The van der Waals surface area contributed by atoms with Crippen molar-refractivity contribution in [2.24, 2.45) is 0 Å². The molecule has 0 amide bonds. The van der Waals surface area contributed by atoms with Gasteiger partial charge in [0, 0.05) is 38.4 Å². The number of ether oxygens (including phenoxy) is 1. The Morgan fingerprint density at radius 2 is 2.18 bits per heavy atom. The van der Waals surface area contributed by atoms with E-state index >= 15 is 0 Å². The van der Waals surface area contributed by atoms with Crippen molar-refractivity contribution in [3.05, 3.63) is 0 Å². The van der Waals surface area contributed by atoms with E-state index < -0.39 is 0 Å². The molecule has 1 aliphatic heterocycles. The Labute approximate surface area is 107 Å². The molecule has 1 N–H and O–H groups in total. The van der Waals surface area contributed by atoms with Crippen LogP contribution in [0.2, 0.25) is 0 Å². The van der Waals surface area contributed by atoms with E-state index in [0.29, 0.717) is 12.1 Å². The molecule has 17 heavy (non-hydrogen) atoms. The van der Waals surface area contributed by atoms with Crippen LogP contribution in [-0.4, -0.2) is 49.8 Å². The summed E-state index contributed by atoms with van der Waals surface area (Å²) in [5, 5.41) is 3.67. The molecule has 0 aliphatic carbocycles. The quantitative estimate of drug-likeness (QED) is 0.693. The summed E-state index contributed by atoms with van der Waals surface area (Å²) >= 11 is 0. The van der Waals surface area contributed by atoms with Crippen LogP contribution < -0.4 is 5.32 Å². The fraction of sp³-hybridized carbons (Fsp3) is 1.00. The molecule has 3 heteroatoms. The van der Waals surface area contributed by atoms with Crippen molar-refractivity contribution in [3.63, 3.8) is 0 Å². The molecule has 0 bridgehead atoms. The summed E-state index contributed by atoms with van der Waals surface area (Å²) in [7, 11) is 0. The van der Waals surface area contributed by atoms with Crippen LogP contribution in [-0.2, 0) is 4.74 Å². The summed E-state index contributed by atoms with van der Waals surface area (Å²) in [5.74, 6) is 0. The van der Waals surface area contributed by atoms with Crippen molar-refractivity contribution >= 4 is 0 Å². The fourth-order valence-corrected chi connectivity index (χ4v) is 2.57. The zero-order valence-corrected chi connectivity index (χ0v) is 11.9. The van der Waals surface area contributed by atoms with Crippen molar-refractivity contribution in [1.29, 1.82) is 0 Å². The average molecular weight is 242 g/mol. The Kier molecular flexibility index (Phi) is 7.82. The van der Waals surface area contributed by atoms with Crippen molar-refractivity contribution in [1.82, 2.24) is 10.2 Å². The summed E-state index contributed by atoms with van der Waals surface area (Å²) < 4.78 is 5.42. The average Bonchev–Trinajstić information content (AvgIpc) is 2.48. The molecular weight excluding hydrogens is 212 g/mol. The van der Waals surface area contributed by atoms with Gasteiger partial charge in [0.15, 0.2) is 0 Å². The highest BCUT2D eigenvalue weighted by Crippen LogP contribution is 2.12. The monoisotopic (exact) mass is 242 g/mol. The summed E-state index contributed by atoms with van der Waals surface area (Å²) in [6.45, 7) is 12.0. The normalized spacial score (nSPS) is 27.0. The second kappa shape index (κ2) is 8.90. The predicted molar refractivity (Wildman–Crippen MR) is 73.5 cm³/mol. The van der Waals surface area contributed by atoms with Gasteiger partial charge < -0.3 is 10.1 Å². The van der Waals surface area contributed by atoms with Gasteiger partial charge in [0.1, 0.15) is 0 Å². The van der Waals surface area contributed by atoms with E-state index in [1.54, 1.807) is 0 Å². The molecule has 1 heterocycles. The van der Waals surface area contributed by atoms with Gasteiger partial charge in [0.2, 0.25) is 0 Å². The number of hydrogen-bond acceptors (Lipinski definition) is 3. The van der Waals surface area contributed by atoms with Crippen LogP contribution in [0.15, 0.2) is 0 Å². The van der Waals surface area contributed by atoms with E-state index in [1.165, 1.54) is 38.9 Å². The second-order valence-corrected chi connectivity index (χ2v) is 5.12. The Bertz CT molecular complexity index is 187. The maximum absolute atomic E-state index is 5.42. The molecule has 1 saturated heterocycles. The van der Waals surface area contributed by atoms with Crippen molar-refractivity contribution in [3.8, 4) is 0 Å². The molecule has 0 aromatic heterocycles. The smallest absolute Gasteiger partial charge is 0.0478 e. The first-order chi connectivity index (χ1) is 8.27. The minimum Gasteiger partial charge on any atom is -0.382 e. The Morgan fingerprint density at radius 3 is 2.88 bits per heavy atom. The van der Waals surface area contributed by atoms with Gasteiger partial charge in [-0.1, -0.05) is 13.3 Å². The lowest BCUT2D eigenvalue weighted by Crippen LogP contribution is -2.40. The van der Waals surface area contributed by atoms with Gasteiger partial charge in [-0.2, -0.15) is 0 Å². The third-order valence-corrected chi connectivity index (χ3v) is 3.65. The molecule has 0 radical (unpaired) electrons. The first-order valence-electron chi connectivity index (χ1n) is 7.33. The maximum Gasteiger partial charge on any atom is 0.0478 e. The molecule has 1 aliphatic rings. The van der Waals surface area contributed by atoms with E-state index in [-0.39, 0.29) is 0 Å². The molecule has 0 saturated carbocycles. The van der Waals surface area contributed by atoms with E-state index in [4.69, 9.17) is 4.74 Å². The predicted octanol–water partition coefficient (Wildman–Crippen LogP) is 2.27. The highest BCUT2D eigenvalue weighted by Gasteiger charge is 2.21. The van der Waals surface area contributed by atoms with Gasteiger partial charge in [-0.25, -0.2) is 0 Å². The lowest BCUT2D eigenvalue weighted by molar-refractivity contribution is 0.121. The minimum atomic E-state index is 0.692. The molecular formula is C14H30N2O. The van der Waals surface area contributed by atoms with Gasteiger partial charge in [0.05, 0.1) is 0 Å². The van der Waals surface area contributed by atoms with E-state index in [1.807, 2.05) is 0 Å². The van der Waals surface area contributed by atoms with Crippen molar-refractivity contribution in [2.45, 2.75) is 58.5 Å². The molecule has 2 unspecified atom stereocenters. The number of nitrogens with one attached hydrogen (secondary N) is 1. The minimum absolute atomic E-state index is 0.692. The van der Waals surface area contributed by atoms with Crippen LogP contribution >= 0.6 is 0 Å². The van der Waals surface area contributed by atoms with Crippen LogP contribution in [0.1, 0.15) is 46.5 Å². The topological polar surface area (TPSA) is 24.5 Å². The van der Waals surface area contributed by atoms with Crippen molar-refractivity contribution in [2.75, 3.05) is 32.8 Å². The van der Waals surface area contributed by atoms with Crippen molar-refractivity contribution < 1.29 is 4.74 Å². The molecule has 2 atom stereocenters. The number of hydrogen-bond donors (Lipinski definition) is 1. The SMILES string of the molecule is CCCC1CN(CCCOCC)C(C)CCN1. The van der Waals surface area contributed by atoms with Crippen LogP contribution in [0, 0.1) is 0 Å². The van der Waals surface area contributed by atoms with Crippen LogP contribution in [0.4, 0.5) is 0 Å². The maximum atomic E-state index is 5.42. The molecule has 102 valence electrons. The first kappa shape index (κ1) is 14.9. The largest absolute Gasteiger partial charge is 0.382 e. The van der Waals surface area contributed by atoms with E-state index in [0.717, 1.165) is 19.6 Å². The standard InChI is InChI=1S/C14H30N2O/c1-4-7-14-12-16(10-6-11-17-5-2)13(3)8-9-15-14/h13-15H,4-12H2,1-3H3. The summed E-state index contributed by atoms with van der Waals surface area (Å²) in [6.07, 6.45) is 5.01. The van der Waals surface area contributed by atoms with Gasteiger partial charge >= 0.3 is 0 Å². The Balaban J connectivity index is 2.31. The third-order valence-electron chi connectivity index (χ3n) is 3.65. The molecule has 0 spiro atoms. The van der Waals surface area contributed by atoms with Gasteiger partial charge in [-0.05, 0) is 39.7 Å².